The maximum absolute atomic E-state index is 13.5. The number of likely N-dealkylation sites (tertiary alicyclic amines) is 1. The number of rotatable bonds is 9. The summed E-state index contributed by atoms with van der Waals surface area (Å²) in [6.45, 7) is 5.12. The summed E-state index contributed by atoms with van der Waals surface area (Å²) in [7, 11) is 1.60. The average molecular weight is 502 g/mol. The fourth-order valence-corrected chi connectivity index (χ4v) is 4.22. The second-order valence-electron chi connectivity index (χ2n) is 8.36. The molecule has 0 spiro atoms. The maximum Gasteiger partial charge on any atom is 0.219 e. The quantitative estimate of drug-likeness (QED) is 0.445. The summed E-state index contributed by atoms with van der Waals surface area (Å²) in [5, 5.41) is 6.87. The Morgan fingerprint density at radius 1 is 1.20 bits per heavy atom. The molecule has 10 heteroatoms. The number of carbonyl (C=O) groups is 1. The van der Waals surface area contributed by atoms with E-state index in [9.17, 15) is 9.18 Å². The Bertz CT molecular complexity index is 1190. The molecule has 2 aromatic carbocycles. The first kappa shape index (κ1) is 24.9. The molecule has 1 fully saturated rings. The Labute approximate surface area is 208 Å². The number of anilines is 2. The standard InChI is InChI=1S/C25H29ClFN5O3/c1-3-24(33)28-8-11-32-9-6-17(7-10-32)35-23-13-18-21(14-22(23)34-2)29-15-30-25(18)31-16-4-5-20(27)19(26)12-16/h4-5,12-15,17H,3,6-11H2,1-2H3,(H,28,33)(H,29,30,31). The van der Waals surface area contributed by atoms with Crippen LogP contribution in [0.3, 0.4) is 0 Å². The van der Waals surface area contributed by atoms with Gasteiger partial charge < -0.3 is 25.0 Å². The van der Waals surface area contributed by atoms with Crippen LogP contribution in [0.15, 0.2) is 36.7 Å². The van der Waals surface area contributed by atoms with Crippen LogP contribution in [0, 0.1) is 5.82 Å². The molecule has 2 heterocycles. The lowest BCUT2D eigenvalue weighted by Gasteiger charge is -2.32. The molecule has 0 bridgehead atoms. The zero-order valence-corrected chi connectivity index (χ0v) is 20.6. The minimum Gasteiger partial charge on any atom is -0.493 e. The van der Waals surface area contributed by atoms with E-state index >= 15 is 0 Å². The SMILES string of the molecule is CCC(=O)NCCN1CCC(Oc2cc3c(Nc4ccc(F)c(Cl)c4)ncnc3cc2OC)CC1. The molecule has 1 aromatic heterocycles. The number of ether oxygens (including phenoxy) is 2. The van der Waals surface area contributed by atoms with E-state index in [-0.39, 0.29) is 17.0 Å². The van der Waals surface area contributed by atoms with Gasteiger partial charge in [-0.2, -0.15) is 0 Å². The first-order valence-electron chi connectivity index (χ1n) is 11.7. The predicted octanol–water partition coefficient (Wildman–Crippen LogP) is 4.54. The summed E-state index contributed by atoms with van der Waals surface area (Å²) in [4.78, 5) is 22.5. The van der Waals surface area contributed by atoms with E-state index in [2.05, 4.69) is 25.5 Å². The molecule has 0 atom stereocenters. The van der Waals surface area contributed by atoms with Gasteiger partial charge >= 0.3 is 0 Å². The molecule has 0 saturated carbocycles. The normalized spacial score (nSPS) is 14.6. The smallest absolute Gasteiger partial charge is 0.219 e. The van der Waals surface area contributed by atoms with Crippen LogP contribution in [0.25, 0.3) is 10.9 Å². The van der Waals surface area contributed by atoms with Gasteiger partial charge in [-0.1, -0.05) is 18.5 Å². The van der Waals surface area contributed by atoms with Gasteiger partial charge in [0.2, 0.25) is 5.91 Å². The van der Waals surface area contributed by atoms with Crippen LogP contribution >= 0.6 is 11.6 Å². The topological polar surface area (TPSA) is 88.6 Å². The highest BCUT2D eigenvalue weighted by Crippen LogP contribution is 2.36. The molecule has 35 heavy (non-hydrogen) atoms. The van der Waals surface area contributed by atoms with Crippen molar-refractivity contribution >= 4 is 39.9 Å². The zero-order valence-electron chi connectivity index (χ0n) is 19.8. The number of hydrogen-bond donors (Lipinski definition) is 2. The summed E-state index contributed by atoms with van der Waals surface area (Å²) in [5.74, 6) is 1.35. The lowest BCUT2D eigenvalue weighted by atomic mass is 10.1. The lowest BCUT2D eigenvalue weighted by molar-refractivity contribution is -0.120. The fourth-order valence-electron chi connectivity index (χ4n) is 4.03. The molecule has 186 valence electrons. The molecule has 2 N–H and O–H groups in total. The number of carbonyl (C=O) groups excluding carboxylic acids is 1. The van der Waals surface area contributed by atoms with Gasteiger partial charge in [0.15, 0.2) is 11.5 Å². The molecule has 0 aliphatic carbocycles. The lowest BCUT2D eigenvalue weighted by Crippen LogP contribution is -2.42. The molecular formula is C25H29ClFN5O3. The van der Waals surface area contributed by atoms with Crippen molar-refractivity contribution < 1.29 is 18.7 Å². The van der Waals surface area contributed by atoms with Crippen molar-refractivity contribution in [2.24, 2.45) is 0 Å². The number of halogens is 2. The first-order valence-corrected chi connectivity index (χ1v) is 12.0. The number of benzene rings is 2. The van der Waals surface area contributed by atoms with Crippen LogP contribution in [-0.2, 0) is 4.79 Å². The van der Waals surface area contributed by atoms with Crippen LogP contribution in [0.5, 0.6) is 11.5 Å². The molecule has 0 radical (unpaired) electrons. The van der Waals surface area contributed by atoms with Crippen molar-refractivity contribution in [3.8, 4) is 11.5 Å². The maximum atomic E-state index is 13.5. The molecule has 8 nitrogen and oxygen atoms in total. The number of nitrogens with one attached hydrogen (secondary N) is 2. The van der Waals surface area contributed by atoms with Gasteiger partial charge in [-0.05, 0) is 37.1 Å². The van der Waals surface area contributed by atoms with Gasteiger partial charge in [0.05, 0.1) is 17.6 Å². The van der Waals surface area contributed by atoms with Crippen LogP contribution in [0.2, 0.25) is 5.02 Å². The number of nitrogens with zero attached hydrogens (tertiary/aromatic N) is 3. The van der Waals surface area contributed by atoms with E-state index in [1.165, 1.54) is 18.5 Å². The monoisotopic (exact) mass is 501 g/mol. The van der Waals surface area contributed by atoms with Crippen molar-refractivity contribution in [1.29, 1.82) is 0 Å². The van der Waals surface area contributed by atoms with Crippen LogP contribution in [0.1, 0.15) is 26.2 Å². The number of amides is 1. The second kappa shape index (κ2) is 11.5. The van der Waals surface area contributed by atoms with Crippen molar-refractivity contribution in [3.63, 3.8) is 0 Å². The number of hydrogen-bond acceptors (Lipinski definition) is 7. The largest absolute Gasteiger partial charge is 0.493 e. The van der Waals surface area contributed by atoms with E-state index in [0.717, 1.165) is 37.9 Å². The van der Waals surface area contributed by atoms with Crippen molar-refractivity contribution in [2.75, 3.05) is 38.6 Å². The summed E-state index contributed by atoms with van der Waals surface area (Å²) >= 11 is 5.92. The molecule has 1 aliphatic heterocycles. The highest BCUT2D eigenvalue weighted by molar-refractivity contribution is 6.31. The van der Waals surface area contributed by atoms with Crippen molar-refractivity contribution in [2.45, 2.75) is 32.3 Å². The highest BCUT2D eigenvalue weighted by atomic mass is 35.5. The second-order valence-corrected chi connectivity index (χ2v) is 8.77. The third kappa shape index (κ3) is 6.29. The van der Waals surface area contributed by atoms with Gasteiger partial charge in [0, 0.05) is 49.7 Å². The Balaban J connectivity index is 1.46. The molecule has 3 aromatic rings. The van der Waals surface area contributed by atoms with E-state index in [1.54, 1.807) is 13.2 Å². The Morgan fingerprint density at radius 2 is 2.00 bits per heavy atom. The van der Waals surface area contributed by atoms with Gasteiger partial charge in [-0.25, -0.2) is 14.4 Å². The molecule has 1 saturated heterocycles. The minimum absolute atomic E-state index is 0.0261. The summed E-state index contributed by atoms with van der Waals surface area (Å²) in [6, 6.07) is 8.09. The predicted molar refractivity (Wildman–Crippen MR) is 134 cm³/mol. The molecule has 4 rings (SSSR count). The molecule has 0 unspecified atom stereocenters. The van der Waals surface area contributed by atoms with E-state index in [4.69, 9.17) is 21.1 Å². The Hall–Kier alpha value is -3.17. The van der Waals surface area contributed by atoms with E-state index < -0.39 is 5.82 Å². The van der Waals surface area contributed by atoms with Crippen molar-refractivity contribution in [3.05, 3.63) is 47.5 Å². The Morgan fingerprint density at radius 3 is 2.71 bits per heavy atom. The van der Waals surface area contributed by atoms with Crippen LogP contribution in [-0.4, -0.2) is 60.2 Å². The third-order valence-corrected chi connectivity index (χ3v) is 6.29. The summed E-state index contributed by atoms with van der Waals surface area (Å²) in [5.41, 5.74) is 1.29. The Kier molecular flexibility index (Phi) is 8.20. The molecule has 1 amide bonds. The van der Waals surface area contributed by atoms with Gasteiger partial charge in [-0.3, -0.25) is 4.79 Å². The van der Waals surface area contributed by atoms with E-state index in [1.807, 2.05) is 19.1 Å². The van der Waals surface area contributed by atoms with Gasteiger partial charge in [0.25, 0.3) is 0 Å². The minimum atomic E-state index is -0.484. The zero-order chi connectivity index (χ0) is 24.8. The van der Waals surface area contributed by atoms with Crippen LogP contribution in [0.4, 0.5) is 15.9 Å². The summed E-state index contributed by atoms with van der Waals surface area (Å²) in [6.07, 6.45) is 3.73. The number of piperidine rings is 1. The number of fused-ring (bicyclic) bond motifs is 1. The van der Waals surface area contributed by atoms with Gasteiger partial charge in [-0.15, -0.1) is 0 Å². The van der Waals surface area contributed by atoms with E-state index in [0.29, 0.717) is 41.5 Å². The average Bonchev–Trinajstić information content (AvgIpc) is 2.87. The summed E-state index contributed by atoms with van der Waals surface area (Å²) < 4.78 is 25.5. The van der Waals surface area contributed by atoms with Gasteiger partial charge in [0.1, 0.15) is 24.1 Å². The highest BCUT2D eigenvalue weighted by Gasteiger charge is 2.22. The van der Waals surface area contributed by atoms with Crippen molar-refractivity contribution in [1.82, 2.24) is 20.2 Å². The fraction of sp³-hybridized carbons (Fsp3) is 0.400. The number of methoxy groups -OCH3 is 1. The van der Waals surface area contributed by atoms with Crippen LogP contribution < -0.4 is 20.1 Å². The third-order valence-electron chi connectivity index (χ3n) is 6.00. The molecular weight excluding hydrogens is 473 g/mol. The first-order chi connectivity index (χ1) is 17.0. The number of aromatic nitrogens is 2. The molecule has 1 aliphatic rings.